The number of carbonyl (C=O) groups excluding carboxylic acids is 1. The maximum absolute atomic E-state index is 12.9. The highest BCUT2D eigenvalue weighted by Gasteiger charge is 2.76. The Morgan fingerprint density at radius 3 is 1.07 bits per heavy atom. The molecule has 5 N–H and O–H groups in total. The van der Waals surface area contributed by atoms with Crippen molar-refractivity contribution in [2.45, 2.75) is 329 Å². The molecule has 15 aliphatic rings. The van der Waals surface area contributed by atoms with Crippen LogP contribution in [-0.2, 0) is 14.4 Å². The van der Waals surface area contributed by atoms with Crippen LogP contribution in [0.3, 0.4) is 0 Å². The number of hydrogen-bond donors (Lipinski definition) is 5. The van der Waals surface area contributed by atoms with Gasteiger partial charge in [0.1, 0.15) is 5.78 Å². The molecule has 0 aromatic rings. The van der Waals surface area contributed by atoms with E-state index in [2.05, 4.69) is 144 Å². The summed E-state index contributed by atoms with van der Waals surface area (Å²) < 4.78 is 0. The van der Waals surface area contributed by atoms with Gasteiger partial charge >= 0.3 is 11.9 Å². The third-order valence-corrected chi connectivity index (χ3v) is 40.2. The number of aliphatic carboxylic acids is 2. The van der Waals surface area contributed by atoms with Crippen molar-refractivity contribution in [2.75, 3.05) is 6.61 Å². The van der Waals surface area contributed by atoms with Crippen LogP contribution in [0.2, 0.25) is 0 Å². The molecule has 8 nitrogen and oxygen atoms in total. The zero-order chi connectivity index (χ0) is 71.7. The molecule has 0 aliphatic heterocycles. The van der Waals surface area contributed by atoms with Crippen LogP contribution in [0.15, 0.2) is 36.5 Å². The Balaban J connectivity index is 0.000000132. The zero-order valence-corrected chi connectivity index (χ0v) is 65.8. The van der Waals surface area contributed by atoms with E-state index < -0.39 is 22.8 Å². The molecular weight excluding hydrogens is 1210 g/mol. The number of Topliss-reactive ketones (excluding diaryl/α,β-unsaturated/α-hetero) is 1. The number of allylic oxidation sites excluding steroid dienone is 3. The van der Waals surface area contributed by atoms with E-state index in [9.17, 15) is 39.9 Å². The number of carboxylic acid groups (broad SMARTS) is 2. The van der Waals surface area contributed by atoms with Crippen molar-refractivity contribution in [3.05, 3.63) is 36.5 Å². The van der Waals surface area contributed by atoms with Crippen molar-refractivity contribution in [2.24, 2.45) is 170 Å². The standard InChI is InChI=1S/C30H48O3.C30H46O3.C30H50O2/c2*1-18(2)19-10-15-30(25(32)33)17-16-28(6)20(24(19)30)8-9-22-27(5)13-12-23(31)26(3,4)21(27)11-14-29(22,28)7;1-19(2)20-10-15-30(18-31)17-16-28(6)21(25(20)30)8-9-23-27(5)13-12-24(32)26(3,4)22(27)11-14-29(23,28)7/h19-24,31H,1,8-17H2,2-7H3,(H,32,33);19-22,24H,1,8-17H2,2-7H3,(H,32,33);20-25,31-32H,1,8-18H2,2-7H3/t19-,20+,21?,22+,23-,24?,27-,28+,29+,30-;19-,20+,21?,22+,24?,27-,28+,29+,30-;20-,21+,22?,23+,24-,25?,27-,28+,29+,30+/m000/s1. The van der Waals surface area contributed by atoms with Crippen molar-refractivity contribution in [1.29, 1.82) is 0 Å². The summed E-state index contributed by atoms with van der Waals surface area (Å²) in [6.45, 7) is 57.1. The number of fused-ring (bicyclic) bond motifs is 21. The largest absolute Gasteiger partial charge is 0.481 e. The summed E-state index contributed by atoms with van der Waals surface area (Å²) in [5.41, 5.74) is 4.98. The number of rotatable bonds is 6. The van der Waals surface area contributed by atoms with Gasteiger partial charge in [0.15, 0.2) is 0 Å². The van der Waals surface area contributed by atoms with Gasteiger partial charge in [-0.25, -0.2) is 0 Å². The van der Waals surface area contributed by atoms with Crippen LogP contribution in [0.1, 0.15) is 317 Å². The Hall–Kier alpha value is -2.29. The summed E-state index contributed by atoms with van der Waals surface area (Å²) in [6.07, 6.45) is 32.8. The fourth-order valence-electron chi connectivity index (χ4n) is 34.4. The van der Waals surface area contributed by atoms with Gasteiger partial charge in [-0.15, -0.1) is 0 Å². The van der Waals surface area contributed by atoms with E-state index in [4.69, 9.17) is 0 Å². The minimum atomic E-state index is -0.547. The first-order valence-electron chi connectivity index (χ1n) is 41.3. The third-order valence-electron chi connectivity index (χ3n) is 40.2. The predicted molar refractivity (Wildman–Crippen MR) is 396 cm³/mol. The highest BCUT2D eigenvalue weighted by Crippen LogP contribution is 2.82. The molecule has 552 valence electrons. The van der Waals surface area contributed by atoms with Gasteiger partial charge in [-0.1, -0.05) is 140 Å². The van der Waals surface area contributed by atoms with Crippen LogP contribution in [0, 0.1) is 170 Å². The average Bonchev–Trinajstić information content (AvgIpc) is 1.06. The molecule has 29 atom stereocenters. The predicted octanol–water partition coefficient (Wildman–Crippen LogP) is 21.4. The Bertz CT molecular complexity index is 3210. The minimum Gasteiger partial charge on any atom is -0.481 e. The minimum absolute atomic E-state index is 0.0202. The normalized spacial score (nSPS) is 54.7. The number of ketones is 1. The van der Waals surface area contributed by atoms with E-state index in [1.54, 1.807) is 0 Å². The number of carbonyl (C=O) groups is 3. The number of aliphatic hydroxyl groups excluding tert-OH is 3. The average molecular weight is 1350 g/mol. The number of aliphatic hydroxyl groups is 3. The van der Waals surface area contributed by atoms with E-state index in [1.807, 2.05) is 0 Å². The quantitative estimate of drug-likeness (QED) is 0.165. The summed E-state index contributed by atoms with van der Waals surface area (Å²) >= 11 is 0. The highest BCUT2D eigenvalue weighted by atomic mass is 16.4. The lowest BCUT2D eigenvalue weighted by Crippen LogP contribution is -2.67. The monoisotopic (exact) mass is 1350 g/mol. The summed E-state index contributed by atoms with van der Waals surface area (Å²) in [7, 11) is 0. The fourth-order valence-corrected chi connectivity index (χ4v) is 34.4. The molecule has 0 aromatic heterocycles. The van der Waals surface area contributed by atoms with E-state index in [-0.39, 0.29) is 78.2 Å². The van der Waals surface area contributed by atoms with Gasteiger partial charge in [-0.3, -0.25) is 14.4 Å². The summed E-state index contributed by atoms with van der Waals surface area (Å²) in [4.78, 5) is 38.4. The summed E-state index contributed by atoms with van der Waals surface area (Å²) in [5, 5.41) is 53.4. The Kier molecular flexibility index (Phi) is 17.8. The van der Waals surface area contributed by atoms with Crippen molar-refractivity contribution < 1.29 is 39.9 Å². The number of carboxylic acids is 2. The highest BCUT2D eigenvalue weighted by molar-refractivity contribution is 5.85. The molecule has 0 aromatic carbocycles. The van der Waals surface area contributed by atoms with Gasteiger partial charge in [-0.2, -0.15) is 0 Å². The van der Waals surface area contributed by atoms with Crippen LogP contribution >= 0.6 is 0 Å². The van der Waals surface area contributed by atoms with Crippen molar-refractivity contribution in [3.8, 4) is 0 Å². The molecule has 98 heavy (non-hydrogen) atoms. The van der Waals surface area contributed by atoms with Gasteiger partial charge in [0.25, 0.3) is 0 Å². The van der Waals surface area contributed by atoms with E-state index >= 15 is 0 Å². The molecule has 0 spiro atoms. The molecule has 0 bridgehead atoms. The van der Waals surface area contributed by atoms with Crippen LogP contribution in [-0.4, -0.2) is 62.1 Å². The van der Waals surface area contributed by atoms with E-state index in [0.29, 0.717) is 93.7 Å². The summed E-state index contributed by atoms with van der Waals surface area (Å²) in [6, 6.07) is 0. The second-order valence-corrected chi connectivity index (χ2v) is 43.4. The third kappa shape index (κ3) is 9.47. The van der Waals surface area contributed by atoms with Crippen molar-refractivity contribution in [3.63, 3.8) is 0 Å². The molecule has 15 aliphatic carbocycles. The first-order chi connectivity index (χ1) is 45.4. The maximum atomic E-state index is 12.9. The van der Waals surface area contributed by atoms with Gasteiger partial charge in [0.05, 0.1) is 23.0 Å². The lowest BCUT2D eigenvalue weighted by molar-refractivity contribution is -0.249. The molecule has 0 radical (unpaired) electrons. The van der Waals surface area contributed by atoms with E-state index in [0.717, 1.165) is 108 Å². The van der Waals surface area contributed by atoms with Crippen LogP contribution < -0.4 is 0 Å². The fraction of sp³-hybridized carbons (Fsp3) is 0.900. The second-order valence-electron chi connectivity index (χ2n) is 43.4. The lowest BCUT2D eigenvalue weighted by Gasteiger charge is -2.73. The van der Waals surface area contributed by atoms with Gasteiger partial charge in [0.2, 0.25) is 0 Å². The van der Waals surface area contributed by atoms with Crippen LogP contribution in [0.5, 0.6) is 0 Å². The first kappa shape index (κ1) is 74.0. The van der Waals surface area contributed by atoms with Gasteiger partial charge < -0.3 is 25.5 Å². The molecule has 0 saturated heterocycles. The van der Waals surface area contributed by atoms with E-state index in [1.165, 1.54) is 113 Å². The Morgan fingerprint density at radius 1 is 0.367 bits per heavy atom. The molecule has 6 unspecified atom stereocenters. The molecule has 15 rings (SSSR count). The SMILES string of the molecule is C=C(C)[C@@H]1CC[C@]2(C(=O)O)CC[C@]3(C)[C@H](CC[C@@H]4[C@@]5(C)CCC(=O)C(C)(C)C5CC[C@]43C)C12.C=C(C)[C@@H]1CC[C@]2(C(=O)O)CC[C@]3(C)[C@H](CC[C@@H]4[C@@]5(C)CC[C@H](O)C(C)(C)C5CC[C@]43C)C12.C=C(C)[C@@H]1CC[C@]2(CO)CC[C@]3(C)[C@H](CC[C@@H]4[C@@]5(C)CC[C@H](O)C(C)(C)C5CC[C@]43C)C12. The van der Waals surface area contributed by atoms with Crippen LogP contribution in [0.4, 0.5) is 0 Å². The molecular formula is C90H144O8. The molecule has 8 heteroatoms. The number of hydrogen-bond acceptors (Lipinski definition) is 6. The maximum Gasteiger partial charge on any atom is 0.309 e. The molecule has 0 amide bonds. The molecule has 0 heterocycles. The smallest absolute Gasteiger partial charge is 0.309 e. The Labute approximate surface area is 597 Å². The molecule has 15 saturated carbocycles. The first-order valence-corrected chi connectivity index (χ1v) is 41.3. The summed E-state index contributed by atoms with van der Waals surface area (Å²) in [5.74, 6) is 7.19. The van der Waals surface area contributed by atoms with Crippen molar-refractivity contribution >= 4 is 17.7 Å². The molecule has 15 fully saturated rings. The topological polar surface area (TPSA) is 152 Å². The second kappa shape index (κ2) is 23.6. The van der Waals surface area contributed by atoms with Crippen molar-refractivity contribution in [1.82, 2.24) is 0 Å². The zero-order valence-electron chi connectivity index (χ0n) is 65.8. The Morgan fingerprint density at radius 2 is 0.704 bits per heavy atom. The van der Waals surface area contributed by atoms with Crippen LogP contribution in [0.25, 0.3) is 0 Å². The van der Waals surface area contributed by atoms with Gasteiger partial charge in [0, 0.05) is 18.4 Å². The van der Waals surface area contributed by atoms with Gasteiger partial charge in [-0.05, 0) is 361 Å². The lowest BCUT2D eigenvalue weighted by atomic mass is 9.32.